The van der Waals surface area contributed by atoms with Gasteiger partial charge in [-0.3, -0.25) is 9.59 Å². The third kappa shape index (κ3) is 5.36. The van der Waals surface area contributed by atoms with E-state index in [1.165, 1.54) is 5.56 Å². The molecule has 0 saturated carbocycles. The molecule has 1 N–H and O–H groups in total. The van der Waals surface area contributed by atoms with Crippen molar-refractivity contribution in [3.63, 3.8) is 0 Å². The van der Waals surface area contributed by atoms with Gasteiger partial charge in [0.2, 0.25) is 0 Å². The first-order valence-electron chi connectivity index (χ1n) is 11.8. The lowest BCUT2D eigenvalue weighted by Gasteiger charge is -2.33. The Morgan fingerprint density at radius 1 is 0.909 bits per heavy atom. The van der Waals surface area contributed by atoms with Crippen molar-refractivity contribution in [2.24, 2.45) is 0 Å². The number of carbonyl (C=O) groups is 2. The number of carbonyl (C=O) groups excluding carboxylic acids is 2. The summed E-state index contributed by atoms with van der Waals surface area (Å²) in [7, 11) is 0. The Labute approximate surface area is 195 Å². The fraction of sp³-hybridized carbons (Fsp3) is 0.357. The molecule has 1 unspecified atom stereocenters. The first kappa shape index (κ1) is 22.8. The van der Waals surface area contributed by atoms with E-state index >= 15 is 0 Å². The van der Waals surface area contributed by atoms with E-state index in [2.05, 4.69) is 19.2 Å². The Morgan fingerprint density at radius 3 is 2.27 bits per heavy atom. The number of fused-ring (bicyclic) bond motifs is 1. The van der Waals surface area contributed by atoms with E-state index in [1.807, 2.05) is 71.6 Å². The lowest BCUT2D eigenvalue weighted by Crippen LogP contribution is -2.49. The van der Waals surface area contributed by atoms with Crippen molar-refractivity contribution in [1.82, 2.24) is 10.2 Å². The van der Waals surface area contributed by atoms with Crippen LogP contribution in [0.5, 0.6) is 5.75 Å². The molecule has 5 heteroatoms. The lowest BCUT2D eigenvalue weighted by atomic mass is 10.0. The highest BCUT2D eigenvalue weighted by Gasteiger charge is 2.27. The smallest absolute Gasteiger partial charge is 0.260 e. The minimum Gasteiger partial charge on any atom is -0.481 e. The van der Waals surface area contributed by atoms with Crippen molar-refractivity contribution in [3.05, 3.63) is 77.9 Å². The highest BCUT2D eigenvalue weighted by Crippen LogP contribution is 2.22. The van der Waals surface area contributed by atoms with Gasteiger partial charge in [0.15, 0.2) is 6.10 Å². The van der Waals surface area contributed by atoms with Crippen LogP contribution in [0, 0.1) is 0 Å². The van der Waals surface area contributed by atoms with Crippen LogP contribution in [0.2, 0.25) is 0 Å². The zero-order chi connectivity index (χ0) is 23.4. The number of hydrogen-bond donors (Lipinski definition) is 1. The van der Waals surface area contributed by atoms with Gasteiger partial charge in [-0.2, -0.15) is 0 Å². The number of nitrogens with one attached hydrogen (secondary N) is 1. The summed E-state index contributed by atoms with van der Waals surface area (Å²) in [6.45, 7) is 7.31. The van der Waals surface area contributed by atoms with E-state index in [4.69, 9.17) is 4.74 Å². The Bertz CT molecular complexity index is 1110. The summed E-state index contributed by atoms with van der Waals surface area (Å²) >= 11 is 0. The van der Waals surface area contributed by atoms with Crippen LogP contribution in [0.4, 0.5) is 0 Å². The molecule has 0 bridgehead atoms. The second kappa shape index (κ2) is 10.1. The van der Waals surface area contributed by atoms with Gasteiger partial charge in [0.05, 0.1) is 0 Å². The van der Waals surface area contributed by atoms with Crippen LogP contribution in [0.3, 0.4) is 0 Å². The molecule has 1 aliphatic heterocycles. The average molecular weight is 445 g/mol. The molecule has 0 radical (unpaired) electrons. The lowest BCUT2D eigenvalue weighted by molar-refractivity contribution is -0.128. The summed E-state index contributed by atoms with van der Waals surface area (Å²) in [6, 6.07) is 21.8. The maximum Gasteiger partial charge on any atom is 0.260 e. The second-order valence-electron chi connectivity index (χ2n) is 9.09. The summed E-state index contributed by atoms with van der Waals surface area (Å²) in [5.41, 5.74) is 1.98. The number of ether oxygens (including phenoxy) is 1. The van der Waals surface area contributed by atoms with Crippen molar-refractivity contribution in [3.8, 4) is 5.75 Å². The van der Waals surface area contributed by atoms with Gasteiger partial charge in [0, 0.05) is 24.7 Å². The molecule has 33 heavy (non-hydrogen) atoms. The Balaban J connectivity index is 1.29. The molecule has 1 fully saturated rings. The van der Waals surface area contributed by atoms with Gasteiger partial charge < -0.3 is 15.0 Å². The van der Waals surface area contributed by atoms with Gasteiger partial charge >= 0.3 is 0 Å². The van der Waals surface area contributed by atoms with Crippen LogP contribution in [-0.2, 0) is 4.79 Å². The third-order valence-electron chi connectivity index (χ3n) is 6.38. The van der Waals surface area contributed by atoms with Crippen LogP contribution >= 0.6 is 0 Å². The van der Waals surface area contributed by atoms with Gasteiger partial charge in [0.1, 0.15) is 5.75 Å². The molecule has 1 atom stereocenters. The van der Waals surface area contributed by atoms with Crippen LogP contribution in [0.1, 0.15) is 55.5 Å². The van der Waals surface area contributed by atoms with Gasteiger partial charge in [-0.1, -0.05) is 62.4 Å². The first-order valence-corrected chi connectivity index (χ1v) is 11.8. The number of likely N-dealkylation sites (tertiary alicyclic amines) is 1. The summed E-state index contributed by atoms with van der Waals surface area (Å²) in [6.07, 6.45) is 0.890. The van der Waals surface area contributed by atoms with Crippen molar-refractivity contribution < 1.29 is 14.3 Å². The van der Waals surface area contributed by atoms with E-state index < -0.39 is 6.10 Å². The quantitative estimate of drug-likeness (QED) is 0.572. The van der Waals surface area contributed by atoms with Crippen LogP contribution in [-0.4, -0.2) is 41.9 Å². The molecule has 1 heterocycles. The first-order chi connectivity index (χ1) is 15.9. The largest absolute Gasteiger partial charge is 0.481 e. The molecular formula is C28H32N2O3. The Kier molecular flexibility index (Phi) is 6.97. The molecule has 1 aliphatic rings. The van der Waals surface area contributed by atoms with E-state index in [0.29, 0.717) is 24.8 Å². The minimum atomic E-state index is -0.578. The summed E-state index contributed by atoms with van der Waals surface area (Å²) in [4.78, 5) is 27.7. The average Bonchev–Trinajstić information content (AvgIpc) is 2.84. The number of nitrogens with zero attached hydrogens (tertiary/aromatic N) is 1. The molecule has 4 rings (SSSR count). The van der Waals surface area contributed by atoms with Crippen LogP contribution in [0.25, 0.3) is 10.8 Å². The zero-order valence-electron chi connectivity index (χ0n) is 19.6. The van der Waals surface area contributed by atoms with Gasteiger partial charge in [-0.05, 0) is 60.2 Å². The fourth-order valence-electron chi connectivity index (χ4n) is 4.32. The van der Waals surface area contributed by atoms with E-state index in [9.17, 15) is 9.59 Å². The van der Waals surface area contributed by atoms with Gasteiger partial charge in [0.25, 0.3) is 11.8 Å². The highest BCUT2D eigenvalue weighted by molar-refractivity contribution is 6.07. The number of piperidine rings is 1. The molecule has 0 spiro atoms. The minimum absolute atomic E-state index is 0.0448. The zero-order valence-corrected chi connectivity index (χ0v) is 19.6. The predicted octanol–water partition coefficient (Wildman–Crippen LogP) is 5.15. The SMILES string of the molecule is CC(Oc1ccc(C(C)C)cc1)C(=O)NC1CCN(C(=O)c2cccc3ccccc23)CC1. The number of hydrogen-bond acceptors (Lipinski definition) is 3. The maximum absolute atomic E-state index is 13.1. The number of benzene rings is 3. The molecule has 3 aromatic rings. The van der Waals surface area contributed by atoms with Crippen LogP contribution < -0.4 is 10.1 Å². The molecular weight excluding hydrogens is 412 g/mol. The second-order valence-corrected chi connectivity index (χ2v) is 9.09. The monoisotopic (exact) mass is 444 g/mol. The number of rotatable bonds is 6. The van der Waals surface area contributed by atoms with Crippen molar-refractivity contribution in [2.75, 3.05) is 13.1 Å². The molecule has 3 aromatic carbocycles. The predicted molar refractivity (Wildman–Crippen MR) is 132 cm³/mol. The number of amides is 2. The molecule has 2 amide bonds. The van der Waals surface area contributed by atoms with Gasteiger partial charge in [-0.15, -0.1) is 0 Å². The maximum atomic E-state index is 13.1. The van der Waals surface area contributed by atoms with Crippen molar-refractivity contribution in [2.45, 2.75) is 51.7 Å². The molecule has 0 aliphatic carbocycles. The van der Waals surface area contributed by atoms with Gasteiger partial charge in [-0.25, -0.2) is 0 Å². The fourth-order valence-corrected chi connectivity index (χ4v) is 4.32. The van der Waals surface area contributed by atoms with Crippen molar-refractivity contribution >= 4 is 22.6 Å². The van der Waals surface area contributed by atoms with Crippen LogP contribution in [0.15, 0.2) is 66.7 Å². The molecule has 1 saturated heterocycles. The molecule has 0 aromatic heterocycles. The molecule has 172 valence electrons. The summed E-state index contributed by atoms with van der Waals surface area (Å²) in [5.74, 6) is 1.08. The van der Waals surface area contributed by atoms with Crippen molar-refractivity contribution in [1.29, 1.82) is 0 Å². The molecule has 5 nitrogen and oxygen atoms in total. The third-order valence-corrected chi connectivity index (χ3v) is 6.38. The standard InChI is InChI=1S/C28H32N2O3/c1-19(2)21-11-13-24(14-12-21)33-20(3)27(31)29-23-15-17-30(18-16-23)28(32)26-10-6-8-22-7-4-5-9-25(22)26/h4-14,19-20,23H,15-18H2,1-3H3,(H,29,31). The Morgan fingerprint density at radius 2 is 1.58 bits per heavy atom. The Hall–Kier alpha value is -3.34. The normalized spacial score (nSPS) is 15.5. The van der Waals surface area contributed by atoms with E-state index in [0.717, 1.165) is 29.2 Å². The topological polar surface area (TPSA) is 58.6 Å². The summed E-state index contributed by atoms with van der Waals surface area (Å²) in [5, 5.41) is 5.14. The summed E-state index contributed by atoms with van der Waals surface area (Å²) < 4.78 is 5.83. The van der Waals surface area contributed by atoms with E-state index in [1.54, 1.807) is 6.92 Å². The highest BCUT2D eigenvalue weighted by atomic mass is 16.5. The van der Waals surface area contributed by atoms with E-state index in [-0.39, 0.29) is 17.9 Å².